The standard InChI is InChI=1S/C23H21N7O/c1-14-6-7-20-17(11-26-29(20)12-14)23(31)28-9-8-18-21(25-13-24-18)22(28)19-10-16-5-3-4-15(2)30(16)27-19/h3-7,10-13,22H,8-9H2,1-2H3,(H,24,25). The van der Waals surface area contributed by atoms with Gasteiger partial charge < -0.3 is 9.88 Å². The molecule has 0 radical (unpaired) electrons. The lowest BCUT2D eigenvalue weighted by atomic mass is 9.98. The van der Waals surface area contributed by atoms with Crippen molar-refractivity contribution in [2.45, 2.75) is 26.3 Å². The number of amides is 1. The summed E-state index contributed by atoms with van der Waals surface area (Å²) < 4.78 is 3.67. The summed E-state index contributed by atoms with van der Waals surface area (Å²) in [7, 11) is 0. The lowest BCUT2D eigenvalue weighted by Crippen LogP contribution is -2.41. The van der Waals surface area contributed by atoms with Crippen LogP contribution in [-0.2, 0) is 6.42 Å². The highest BCUT2D eigenvalue weighted by atomic mass is 16.2. The zero-order valence-corrected chi connectivity index (χ0v) is 17.3. The van der Waals surface area contributed by atoms with Gasteiger partial charge in [0.05, 0.1) is 40.5 Å². The average Bonchev–Trinajstić information content (AvgIpc) is 3.50. The third kappa shape index (κ3) is 2.68. The predicted molar refractivity (Wildman–Crippen MR) is 115 cm³/mol. The van der Waals surface area contributed by atoms with Gasteiger partial charge in [0, 0.05) is 30.6 Å². The molecule has 5 aromatic rings. The van der Waals surface area contributed by atoms with Crippen LogP contribution in [0.3, 0.4) is 0 Å². The number of carbonyl (C=O) groups is 1. The molecule has 1 N–H and O–H groups in total. The average molecular weight is 411 g/mol. The largest absolute Gasteiger partial charge is 0.348 e. The van der Waals surface area contributed by atoms with Crippen molar-refractivity contribution >= 4 is 16.9 Å². The highest BCUT2D eigenvalue weighted by molar-refractivity contribution is 6.01. The van der Waals surface area contributed by atoms with E-state index < -0.39 is 0 Å². The van der Waals surface area contributed by atoms with E-state index in [0.717, 1.165) is 45.8 Å². The van der Waals surface area contributed by atoms with E-state index in [4.69, 9.17) is 5.10 Å². The van der Waals surface area contributed by atoms with Crippen LogP contribution in [0.1, 0.15) is 44.7 Å². The summed E-state index contributed by atoms with van der Waals surface area (Å²) in [6, 6.07) is 11.7. The maximum atomic E-state index is 13.8. The van der Waals surface area contributed by atoms with Gasteiger partial charge >= 0.3 is 0 Å². The van der Waals surface area contributed by atoms with Gasteiger partial charge in [-0.3, -0.25) is 4.79 Å². The molecule has 0 spiro atoms. The number of hydrogen-bond acceptors (Lipinski definition) is 4. The second-order valence-corrected chi connectivity index (χ2v) is 8.08. The zero-order valence-electron chi connectivity index (χ0n) is 17.3. The molecule has 0 aromatic carbocycles. The van der Waals surface area contributed by atoms with Crippen molar-refractivity contribution in [3.05, 3.63) is 89.0 Å². The fourth-order valence-electron chi connectivity index (χ4n) is 4.51. The Morgan fingerprint density at radius 3 is 2.97 bits per heavy atom. The number of aryl methyl sites for hydroxylation is 2. The molecule has 8 nitrogen and oxygen atoms in total. The molecule has 8 heteroatoms. The van der Waals surface area contributed by atoms with Crippen LogP contribution in [-0.4, -0.2) is 46.5 Å². The van der Waals surface area contributed by atoms with Crippen LogP contribution in [0.4, 0.5) is 0 Å². The Morgan fingerprint density at radius 1 is 1.19 bits per heavy atom. The van der Waals surface area contributed by atoms with Gasteiger partial charge in [-0.25, -0.2) is 14.0 Å². The molecule has 0 bridgehead atoms. The van der Waals surface area contributed by atoms with Gasteiger partial charge in [-0.15, -0.1) is 0 Å². The van der Waals surface area contributed by atoms with E-state index >= 15 is 0 Å². The predicted octanol–water partition coefficient (Wildman–Crippen LogP) is 3.11. The van der Waals surface area contributed by atoms with Gasteiger partial charge in [0.25, 0.3) is 5.91 Å². The van der Waals surface area contributed by atoms with Crippen LogP contribution >= 0.6 is 0 Å². The lowest BCUT2D eigenvalue weighted by molar-refractivity contribution is 0.0689. The van der Waals surface area contributed by atoms with Gasteiger partial charge in [-0.1, -0.05) is 12.1 Å². The summed E-state index contributed by atoms with van der Waals surface area (Å²) in [4.78, 5) is 23.4. The first kappa shape index (κ1) is 17.9. The van der Waals surface area contributed by atoms with Crippen molar-refractivity contribution in [2.24, 2.45) is 0 Å². The SMILES string of the molecule is Cc1ccc2c(C(=O)N3CCc4[nH]cnc4C3c3cc4cccc(C)n4n3)cnn2c1. The van der Waals surface area contributed by atoms with Gasteiger partial charge in [0.15, 0.2) is 0 Å². The van der Waals surface area contributed by atoms with E-state index in [1.807, 2.05) is 65.9 Å². The van der Waals surface area contributed by atoms with E-state index in [2.05, 4.69) is 15.1 Å². The number of aromatic nitrogens is 6. The highest BCUT2D eigenvalue weighted by Gasteiger charge is 2.37. The normalized spacial score (nSPS) is 16.2. The number of pyridine rings is 2. The number of nitrogens with zero attached hydrogens (tertiary/aromatic N) is 6. The van der Waals surface area contributed by atoms with Crippen LogP contribution in [0.5, 0.6) is 0 Å². The molecule has 1 unspecified atom stereocenters. The Balaban J connectivity index is 1.49. The van der Waals surface area contributed by atoms with Gasteiger partial charge in [-0.2, -0.15) is 10.2 Å². The Morgan fingerprint density at radius 2 is 2.10 bits per heavy atom. The van der Waals surface area contributed by atoms with Crippen molar-refractivity contribution in [3.63, 3.8) is 0 Å². The Hall–Kier alpha value is -3.94. The van der Waals surface area contributed by atoms with Gasteiger partial charge in [0.1, 0.15) is 6.04 Å². The number of imidazole rings is 1. The molecule has 1 amide bonds. The maximum absolute atomic E-state index is 13.8. The van der Waals surface area contributed by atoms with Crippen LogP contribution in [0, 0.1) is 13.8 Å². The third-order valence-corrected chi connectivity index (χ3v) is 6.05. The molecule has 1 atom stereocenters. The maximum Gasteiger partial charge on any atom is 0.258 e. The van der Waals surface area contributed by atoms with Gasteiger partial charge in [-0.05, 0) is 43.7 Å². The molecule has 0 saturated carbocycles. The van der Waals surface area contributed by atoms with Crippen molar-refractivity contribution in [1.82, 2.24) is 34.1 Å². The Kier molecular flexibility index (Phi) is 3.77. The number of carbonyl (C=O) groups excluding carboxylic acids is 1. The monoisotopic (exact) mass is 411 g/mol. The fourth-order valence-corrected chi connectivity index (χ4v) is 4.51. The molecule has 6 heterocycles. The Labute approximate surface area is 178 Å². The van der Waals surface area contributed by atoms with Crippen LogP contribution in [0.25, 0.3) is 11.0 Å². The second kappa shape index (κ2) is 6.53. The molecular formula is C23H21N7O. The second-order valence-electron chi connectivity index (χ2n) is 8.08. The molecule has 154 valence electrons. The number of hydrogen-bond donors (Lipinski definition) is 1. The number of fused-ring (bicyclic) bond motifs is 3. The molecule has 6 rings (SSSR count). The van der Waals surface area contributed by atoms with Crippen LogP contribution in [0.2, 0.25) is 0 Å². The van der Waals surface area contributed by atoms with E-state index in [0.29, 0.717) is 12.1 Å². The third-order valence-electron chi connectivity index (χ3n) is 6.05. The zero-order chi connectivity index (χ0) is 21.1. The number of rotatable bonds is 2. The first-order valence-electron chi connectivity index (χ1n) is 10.3. The molecule has 0 fully saturated rings. The summed E-state index contributed by atoms with van der Waals surface area (Å²) in [5.74, 6) is -0.0636. The molecule has 1 aliphatic heterocycles. The minimum atomic E-state index is -0.359. The molecule has 5 aromatic heterocycles. The van der Waals surface area contributed by atoms with Crippen molar-refractivity contribution in [1.29, 1.82) is 0 Å². The van der Waals surface area contributed by atoms with Crippen LogP contribution < -0.4 is 0 Å². The minimum absolute atomic E-state index is 0.0636. The Bertz CT molecular complexity index is 1460. The minimum Gasteiger partial charge on any atom is -0.348 e. The van der Waals surface area contributed by atoms with E-state index in [9.17, 15) is 4.79 Å². The molecule has 0 saturated heterocycles. The fraction of sp³-hybridized carbons (Fsp3) is 0.217. The quantitative estimate of drug-likeness (QED) is 0.484. The summed E-state index contributed by atoms with van der Waals surface area (Å²) in [5.41, 5.74) is 7.23. The first-order chi connectivity index (χ1) is 15.1. The topological polar surface area (TPSA) is 83.6 Å². The van der Waals surface area contributed by atoms with Gasteiger partial charge in [0.2, 0.25) is 0 Å². The summed E-state index contributed by atoms with van der Waals surface area (Å²) in [5, 5.41) is 9.25. The number of nitrogens with one attached hydrogen (secondary N) is 1. The van der Waals surface area contributed by atoms with E-state index in [-0.39, 0.29) is 11.9 Å². The smallest absolute Gasteiger partial charge is 0.258 e. The van der Waals surface area contributed by atoms with Crippen molar-refractivity contribution < 1.29 is 4.79 Å². The molecule has 1 aliphatic rings. The van der Waals surface area contributed by atoms with Crippen LogP contribution in [0.15, 0.2) is 55.1 Å². The van der Waals surface area contributed by atoms with Crippen molar-refractivity contribution in [2.75, 3.05) is 6.54 Å². The molecule has 31 heavy (non-hydrogen) atoms. The lowest BCUT2D eigenvalue weighted by Gasteiger charge is -2.33. The van der Waals surface area contributed by atoms with Crippen molar-refractivity contribution in [3.8, 4) is 0 Å². The van der Waals surface area contributed by atoms with E-state index in [1.54, 1.807) is 17.0 Å². The highest BCUT2D eigenvalue weighted by Crippen LogP contribution is 2.34. The number of H-pyrrole nitrogens is 1. The molecular weight excluding hydrogens is 390 g/mol. The van der Waals surface area contributed by atoms with E-state index in [1.165, 1.54) is 0 Å². The number of aromatic amines is 1. The summed E-state index contributed by atoms with van der Waals surface area (Å²) >= 11 is 0. The summed E-state index contributed by atoms with van der Waals surface area (Å²) in [6.45, 7) is 4.61. The summed E-state index contributed by atoms with van der Waals surface area (Å²) in [6.07, 6.45) is 6.01. The molecule has 0 aliphatic carbocycles. The first-order valence-corrected chi connectivity index (χ1v) is 10.3.